The predicted molar refractivity (Wildman–Crippen MR) is 142 cm³/mol. The van der Waals surface area contributed by atoms with Crippen LogP contribution in [0.4, 0.5) is 0 Å². The summed E-state index contributed by atoms with van der Waals surface area (Å²) in [5.74, 6) is -0.210. The molecule has 0 radical (unpaired) electrons. The molecule has 1 amide bonds. The van der Waals surface area contributed by atoms with Gasteiger partial charge >= 0.3 is 5.97 Å². The number of nitrogens with zero attached hydrogens (tertiary/aromatic N) is 1. The minimum atomic E-state index is -0.769. The highest BCUT2D eigenvalue weighted by atomic mass is 16.5. The summed E-state index contributed by atoms with van der Waals surface area (Å²) < 4.78 is 16.8. The average Bonchev–Trinajstić information content (AvgIpc) is 2.94. The van der Waals surface area contributed by atoms with Gasteiger partial charge in [-0.05, 0) is 61.8 Å². The van der Waals surface area contributed by atoms with E-state index in [1.807, 2.05) is 55.5 Å². The van der Waals surface area contributed by atoms with Gasteiger partial charge in [-0.1, -0.05) is 57.2 Å². The van der Waals surface area contributed by atoms with Crippen LogP contribution in [0.2, 0.25) is 0 Å². The molecule has 7 heteroatoms. The number of rotatable bonds is 11. The number of amides is 1. The number of methoxy groups -OCH3 is 2. The first kappa shape index (κ1) is 28.2. The first-order valence-corrected chi connectivity index (χ1v) is 13.0. The van der Waals surface area contributed by atoms with Crippen molar-refractivity contribution < 1.29 is 28.6 Å². The fourth-order valence-corrected chi connectivity index (χ4v) is 4.51. The number of ether oxygens (including phenoxy) is 3. The minimum absolute atomic E-state index is 0.381. The zero-order chi connectivity index (χ0) is 27.0. The zero-order valence-electron chi connectivity index (χ0n) is 22.6. The first-order chi connectivity index (χ1) is 17.7. The van der Waals surface area contributed by atoms with Crippen molar-refractivity contribution in [1.82, 2.24) is 4.90 Å². The summed E-state index contributed by atoms with van der Waals surface area (Å²) >= 11 is 0. The molecule has 1 saturated heterocycles. The first-order valence-electron chi connectivity index (χ1n) is 13.0. The third kappa shape index (κ3) is 6.90. The molecule has 1 fully saturated rings. The second-order valence-electron chi connectivity index (χ2n) is 10.1. The molecule has 0 saturated carbocycles. The highest BCUT2D eigenvalue weighted by molar-refractivity contribution is 6.38. The van der Waals surface area contributed by atoms with Gasteiger partial charge in [-0.15, -0.1) is 0 Å². The van der Waals surface area contributed by atoms with Crippen molar-refractivity contribution in [3.63, 3.8) is 0 Å². The van der Waals surface area contributed by atoms with Crippen molar-refractivity contribution in [1.29, 1.82) is 0 Å². The second kappa shape index (κ2) is 12.7. The topological polar surface area (TPSA) is 82.1 Å². The third-order valence-corrected chi connectivity index (χ3v) is 7.30. The molecule has 1 unspecified atom stereocenters. The van der Waals surface area contributed by atoms with Gasteiger partial charge in [0.15, 0.2) is 11.5 Å². The van der Waals surface area contributed by atoms with E-state index in [1.165, 1.54) is 4.90 Å². The Hall–Kier alpha value is -3.35. The number of aryl methyl sites for hydroxylation is 1. The van der Waals surface area contributed by atoms with Crippen LogP contribution in [-0.4, -0.2) is 49.4 Å². The lowest BCUT2D eigenvalue weighted by molar-refractivity contribution is -0.164. The third-order valence-electron chi connectivity index (χ3n) is 7.30. The van der Waals surface area contributed by atoms with Crippen LogP contribution in [-0.2, 0) is 25.5 Å². The highest BCUT2D eigenvalue weighted by Crippen LogP contribution is 2.31. The van der Waals surface area contributed by atoms with Crippen LogP contribution in [0.25, 0.3) is 0 Å². The molecule has 0 bridgehead atoms. The Morgan fingerprint density at radius 2 is 1.70 bits per heavy atom. The van der Waals surface area contributed by atoms with Gasteiger partial charge in [0.25, 0.3) is 5.91 Å². The monoisotopic (exact) mass is 509 g/mol. The van der Waals surface area contributed by atoms with E-state index >= 15 is 0 Å². The molecule has 0 spiro atoms. The van der Waals surface area contributed by atoms with Crippen LogP contribution in [0.15, 0.2) is 48.5 Å². The standard InChI is InChI=1S/C30H39NO6/c1-6-30(2,3)27(32)28(33)31-19-11-10-14-23(31)29(34)37-24(22-12-8-7-9-13-22)17-15-21-16-18-25(35-4)26(20-21)36-5/h7-9,12-13,16,18,20,23-24H,6,10-11,14-15,17,19H2,1-5H3/t23-,24?/m1/s1. The maximum Gasteiger partial charge on any atom is 0.329 e. The van der Waals surface area contributed by atoms with Crippen molar-refractivity contribution >= 4 is 17.7 Å². The lowest BCUT2D eigenvalue weighted by atomic mass is 9.84. The molecule has 1 heterocycles. The Balaban J connectivity index is 1.78. The van der Waals surface area contributed by atoms with Crippen LogP contribution >= 0.6 is 0 Å². The van der Waals surface area contributed by atoms with E-state index < -0.39 is 35.2 Å². The van der Waals surface area contributed by atoms with Crippen molar-refractivity contribution in [3.8, 4) is 11.5 Å². The summed E-state index contributed by atoms with van der Waals surface area (Å²) in [5.41, 5.74) is 1.14. The maximum atomic E-state index is 13.5. The highest BCUT2D eigenvalue weighted by Gasteiger charge is 2.41. The van der Waals surface area contributed by atoms with E-state index in [4.69, 9.17) is 14.2 Å². The van der Waals surface area contributed by atoms with E-state index in [2.05, 4.69) is 0 Å². The summed E-state index contributed by atoms with van der Waals surface area (Å²) in [7, 11) is 3.19. The van der Waals surface area contributed by atoms with E-state index in [-0.39, 0.29) is 0 Å². The number of carbonyl (C=O) groups excluding carboxylic acids is 3. The number of piperidine rings is 1. The molecule has 37 heavy (non-hydrogen) atoms. The number of carbonyl (C=O) groups is 3. The number of esters is 1. The van der Waals surface area contributed by atoms with Gasteiger partial charge in [0.1, 0.15) is 12.1 Å². The smallest absolute Gasteiger partial charge is 0.329 e. The molecule has 2 aromatic rings. The Morgan fingerprint density at radius 1 is 1.00 bits per heavy atom. The average molecular weight is 510 g/mol. The summed E-state index contributed by atoms with van der Waals surface area (Å²) in [5, 5.41) is 0. The van der Waals surface area contributed by atoms with Crippen LogP contribution in [0.1, 0.15) is 70.1 Å². The number of hydrogen-bond donors (Lipinski definition) is 0. The molecule has 2 aromatic carbocycles. The Morgan fingerprint density at radius 3 is 2.35 bits per heavy atom. The van der Waals surface area contributed by atoms with Gasteiger partial charge in [-0.2, -0.15) is 0 Å². The summed E-state index contributed by atoms with van der Waals surface area (Å²) in [6, 6.07) is 14.6. The van der Waals surface area contributed by atoms with Gasteiger partial charge in [0, 0.05) is 12.0 Å². The number of benzene rings is 2. The molecule has 200 valence electrons. The van der Waals surface area contributed by atoms with Crippen molar-refractivity contribution in [2.24, 2.45) is 5.41 Å². The fraction of sp³-hybridized carbons (Fsp3) is 0.500. The predicted octanol–water partition coefficient (Wildman–Crippen LogP) is 5.31. The van der Waals surface area contributed by atoms with Gasteiger partial charge in [-0.3, -0.25) is 9.59 Å². The quantitative estimate of drug-likeness (QED) is 0.302. The molecular weight excluding hydrogens is 470 g/mol. The largest absolute Gasteiger partial charge is 0.493 e. The van der Waals surface area contributed by atoms with Crippen molar-refractivity contribution in [2.75, 3.05) is 20.8 Å². The Bertz CT molecular complexity index is 1080. The summed E-state index contributed by atoms with van der Waals surface area (Å²) in [6.45, 7) is 5.80. The minimum Gasteiger partial charge on any atom is -0.493 e. The lowest BCUT2D eigenvalue weighted by Crippen LogP contribution is -2.53. The van der Waals surface area contributed by atoms with Crippen LogP contribution in [0, 0.1) is 5.41 Å². The van der Waals surface area contributed by atoms with Crippen molar-refractivity contribution in [2.45, 2.75) is 71.4 Å². The molecule has 0 N–H and O–H groups in total. The summed E-state index contributed by atoms with van der Waals surface area (Å²) in [4.78, 5) is 40.9. The summed E-state index contributed by atoms with van der Waals surface area (Å²) in [6.07, 6.45) is 3.29. The number of ketones is 1. The number of hydrogen-bond acceptors (Lipinski definition) is 6. The van der Waals surface area contributed by atoms with E-state index in [0.29, 0.717) is 43.7 Å². The Kier molecular flexibility index (Phi) is 9.73. The number of Topliss-reactive ketones (excluding diaryl/α,β-unsaturated/α-hetero) is 1. The van der Waals surface area contributed by atoms with Gasteiger partial charge < -0.3 is 19.1 Å². The normalized spacial score (nSPS) is 16.6. The lowest BCUT2D eigenvalue weighted by Gasteiger charge is -2.36. The zero-order valence-corrected chi connectivity index (χ0v) is 22.6. The molecule has 1 aliphatic rings. The molecule has 0 aliphatic carbocycles. The van der Waals surface area contributed by atoms with E-state index in [0.717, 1.165) is 24.0 Å². The SMILES string of the molecule is CCC(C)(C)C(=O)C(=O)N1CCCC[C@@H]1C(=O)OC(CCc1ccc(OC)c(OC)c1)c1ccccc1. The van der Waals surface area contributed by atoms with E-state index in [9.17, 15) is 14.4 Å². The van der Waals surface area contributed by atoms with Gasteiger partial charge in [0.05, 0.1) is 14.2 Å². The number of likely N-dealkylation sites (tertiary alicyclic amines) is 1. The molecule has 3 rings (SSSR count). The van der Waals surface area contributed by atoms with Crippen molar-refractivity contribution in [3.05, 3.63) is 59.7 Å². The molecule has 1 aliphatic heterocycles. The van der Waals surface area contributed by atoms with Crippen LogP contribution in [0.3, 0.4) is 0 Å². The second-order valence-corrected chi connectivity index (χ2v) is 10.1. The van der Waals surface area contributed by atoms with Gasteiger partial charge in [0.2, 0.25) is 5.78 Å². The molecule has 7 nitrogen and oxygen atoms in total. The Labute approximate surface area is 220 Å². The molecular formula is C30H39NO6. The van der Waals surface area contributed by atoms with E-state index in [1.54, 1.807) is 28.1 Å². The van der Waals surface area contributed by atoms with Gasteiger partial charge in [-0.25, -0.2) is 4.79 Å². The molecule has 0 aromatic heterocycles. The fourth-order valence-electron chi connectivity index (χ4n) is 4.51. The maximum absolute atomic E-state index is 13.5. The molecule has 2 atom stereocenters. The van der Waals surface area contributed by atoms with Crippen LogP contribution < -0.4 is 9.47 Å². The van der Waals surface area contributed by atoms with Crippen LogP contribution in [0.5, 0.6) is 11.5 Å².